The van der Waals surface area contributed by atoms with Crippen LogP contribution in [0.2, 0.25) is 0 Å². The van der Waals surface area contributed by atoms with Gasteiger partial charge in [-0.1, -0.05) is 30.0 Å². The molecule has 0 saturated carbocycles. The monoisotopic (exact) mass is 497 g/mol. The number of methoxy groups -OCH3 is 2. The van der Waals surface area contributed by atoms with Crippen LogP contribution in [-0.2, 0) is 16.0 Å². The molecule has 2 aromatic carbocycles. The molecule has 0 unspecified atom stereocenters. The van der Waals surface area contributed by atoms with Crippen LogP contribution in [-0.4, -0.2) is 73.5 Å². The summed E-state index contributed by atoms with van der Waals surface area (Å²) < 4.78 is 18.2. The Balaban J connectivity index is 1.39. The first-order valence-corrected chi connectivity index (χ1v) is 12.5. The first-order valence-electron chi connectivity index (χ1n) is 11.5. The summed E-state index contributed by atoms with van der Waals surface area (Å²) >= 11 is 1.38. The highest BCUT2D eigenvalue weighted by Crippen LogP contribution is 2.28. The summed E-state index contributed by atoms with van der Waals surface area (Å²) in [6.07, 6.45) is 0.692. The van der Waals surface area contributed by atoms with E-state index in [1.165, 1.54) is 11.8 Å². The zero-order chi connectivity index (χ0) is 24.6. The topological polar surface area (TPSA) is 90.7 Å². The number of nitrogens with one attached hydrogen (secondary N) is 1. The van der Waals surface area contributed by atoms with Gasteiger partial charge in [-0.2, -0.15) is 0 Å². The SMILES string of the molecule is COc1ccc(CCNC(=O)CSc2nnc(N3CCOCC3)n2-c2cccc(C)c2)cc1OC. The number of ether oxygens (including phenoxy) is 3. The smallest absolute Gasteiger partial charge is 0.232 e. The van der Waals surface area contributed by atoms with Crippen LogP contribution < -0.4 is 19.7 Å². The van der Waals surface area contributed by atoms with Crippen LogP contribution in [0.25, 0.3) is 5.69 Å². The van der Waals surface area contributed by atoms with Crippen LogP contribution >= 0.6 is 11.8 Å². The summed E-state index contributed by atoms with van der Waals surface area (Å²) in [4.78, 5) is 14.8. The van der Waals surface area contributed by atoms with Gasteiger partial charge in [-0.05, 0) is 48.7 Å². The maximum absolute atomic E-state index is 12.6. The predicted molar refractivity (Wildman–Crippen MR) is 136 cm³/mol. The highest BCUT2D eigenvalue weighted by Gasteiger charge is 2.22. The first-order chi connectivity index (χ1) is 17.1. The van der Waals surface area contributed by atoms with E-state index < -0.39 is 0 Å². The average molecular weight is 498 g/mol. The van der Waals surface area contributed by atoms with Gasteiger partial charge in [-0.3, -0.25) is 9.36 Å². The lowest BCUT2D eigenvalue weighted by Crippen LogP contribution is -2.37. The van der Waals surface area contributed by atoms with Gasteiger partial charge < -0.3 is 24.4 Å². The number of anilines is 1. The summed E-state index contributed by atoms with van der Waals surface area (Å²) in [6, 6.07) is 14.0. The van der Waals surface area contributed by atoms with E-state index in [0.29, 0.717) is 42.8 Å². The number of carbonyl (C=O) groups is 1. The zero-order valence-electron chi connectivity index (χ0n) is 20.3. The fourth-order valence-corrected chi connectivity index (χ4v) is 4.66. The van der Waals surface area contributed by atoms with Gasteiger partial charge in [0, 0.05) is 19.6 Å². The molecule has 1 saturated heterocycles. The van der Waals surface area contributed by atoms with E-state index in [1.807, 2.05) is 34.9 Å². The van der Waals surface area contributed by atoms with Gasteiger partial charge >= 0.3 is 0 Å². The van der Waals surface area contributed by atoms with Gasteiger partial charge in [0.05, 0.1) is 38.9 Å². The standard InChI is InChI=1S/C25H31N5O4S/c1-18-5-4-6-20(15-18)30-24(29-11-13-34-14-12-29)27-28-25(30)35-17-23(31)26-10-9-19-7-8-21(32-2)22(16-19)33-3/h4-8,15-16H,9-14,17H2,1-3H3,(H,26,31). The van der Waals surface area contributed by atoms with E-state index in [0.717, 1.165) is 35.9 Å². The molecule has 1 N–H and O–H groups in total. The van der Waals surface area contributed by atoms with Gasteiger partial charge in [-0.15, -0.1) is 10.2 Å². The second-order valence-corrected chi connectivity index (χ2v) is 9.08. The molecule has 0 radical (unpaired) electrons. The fraction of sp³-hybridized carbons (Fsp3) is 0.400. The predicted octanol–water partition coefficient (Wildman–Crippen LogP) is 2.88. The molecule has 1 fully saturated rings. The van der Waals surface area contributed by atoms with Gasteiger partial charge in [0.15, 0.2) is 16.7 Å². The Labute approximate surface area is 209 Å². The minimum absolute atomic E-state index is 0.0535. The minimum Gasteiger partial charge on any atom is -0.493 e. The summed E-state index contributed by atoms with van der Waals surface area (Å²) in [6.45, 7) is 5.41. The number of nitrogens with zero attached hydrogens (tertiary/aromatic N) is 4. The third-order valence-corrected chi connectivity index (χ3v) is 6.62. The molecule has 1 aliphatic heterocycles. The van der Waals surface area contributed by atoms with Crippen molar-refractivity contribution in [3.63, 3.8) is 0 Å². The number of thioether (sulfide) groups is 1. The molecule has 1 aromatic heterocycles. The molecular formula is C25H31N5O4S. The number of aromatic nitrogens is 3. The van der Waals surface area contributed by atoms with Gasteiger partial charge in [-0.25, -0.2) is 0 Å². The maximum atomic E-state index is 12.6. The van der Waals surface area contributed by atoms with Crippen LogP contribution in [0.4, 0.5) is 5.95 Å². The van der Waals surface area contributed by atoms with Crippen molar-refractivity contribution in [3.05, 3.63) is 53.6 Å². The first kappa shape index (κ1) is 24.9. The summed E-state index contributed by atoms with van der Waals surface area (Å²) in [5.74, 6) is 2.33. The highest BCUT2D eigenvalue weighted by molar-refractivity contribution is 7.99. The number of hydrogen-bond donors (Lipinski definition) is 1. The number of benzene rings is 2. The number of amides is 1. The van der Waals surface area contributed by atoms with Crippen LogP contribution in [0.1, 0.15) is 11.1 Å². The molecule has 4 rings (SSSR count). The third kappa shape index (κ3) is 6.26. The van der Waals surface area contributed by atoms with Gasteiger partial charge in [0.25, 0.3) is 0 Å². The minimum atomic E-state index is -0.0535. The van der Waals surface area contributed by atoms with Crippen molar-refractivity contribution in [2.24, 2.45) is 0 Å². The molecule has 0 aliphatic carbocycles. The van der Waals surface area contributed by atoms with Crippen LogP contribution in [0.15, 0.2) is 47.6 Å². The lowest BCUT2D eigenvalue weighted by molar-refractivity contribution is -0.118. The van der Waals surface area contributed by atoms with Gasteiger partial charge in [0.2, 0.25) is 11.9 Å². The molecular weight excluding hydrogens is 466 g/mol. The fourth-order valence-electron chi connectivity index (χ4n) is 3.88. The van der Waals surface area contributed by atoms with Crippen molar-refractivity contribution in [3.8, 4) is 17.2 Å². The lowest BCUT2D eigenvalue weighted by Gasteiger charge is -2.28. The van der Waals surface area contributed by atoms with E-state index in [1.54, 1.807) is 14.2 Å². The van der Waals surface area contributed by atoms with Crippen molar-refractivity contribution in [2.45, 2.75) is 18.5 Å². The Morgan fingerprint density at radius 3 is 2.63 bits per heavy atom. The van der Waals surface area contributed by atoms with Crippen LogP contribution in [0.5, 0.6) is 11.5 Å². The summed E-state index contributed by atoms with van der Waals surface area (Å²) in [7, 11) is 3.22. The molecule has 35 heavy (non-hydrogen) atoms. The van der Waals surface area contributed by atoms with Crippen LogP contribution in [0, 0.1) is 6.92 Å². The number of aryl methyl sites for hydroxylation is 1. The van der Waals surface area contributed by atoms with E-state index in [4.69, 9.17) is 14.2 Å². The Kier molecular flexibility index (Phi) is 8.49. The quantitative estimate of drug-likeness (QED) is 0.428. The van der Waals surface area contributed by atoms with E-state index >= 15 is 0 Å². The molecule has 9 nitrogen and oxygen atoms in total. The van der Waals surface area contributed by atoms with Crippen molar-refractivity contribution in [2.75, 3.05) is 57.7 Å². The van der Waals surface area contributed by atoms with Crippen molar-refractivity contribution < 1.29 is 19.0 Å². The molecule has 10 heteroatoms. The largest absolute Gasteiger partial charge is 0.493 e. The number of hydrogen-bond acceptors (Lipinski definition) is 8. The Morgan fingerprint density at radius 2 is 1.89 bits per heavy atom. The Morgan fingerprint density at radius 1 is 1.09 bits per heavy atom. The number of rotatable bonds is 10. The number of carbonyl (C=O) groups excluding carboxylic acids is 1. The third-order valence-electron chi connectivity index (χ3n) is 5.69. The Bertz CT molecular complexity index is 1150. The van der Waals surface area contributed by atoms with E-state index in [9.17, 15) is 4.79 Å². The lowest BCUT2D eigenvalue weighted by atomic mass is 10.1. The molecule has 0 atom stereocenters. The van der Waals surface area contributed by atoms with Crippen LogP contribution in [0.3, 0.4) is 0 Å². The van der Waals surface area contributed by atoms with Crippen molar-refractivity contribution >= 4 is 23.6 Å². The summed E-state index contributed by atoms with van der Waals surface area (Å²) in [5.41, 5.74) is 3.19. The second kappa shape index (κ2) is 11.9. The van der Waals surface area contributed by atoms with E-state index in [2.05, 4.69) is 39.5 Å². The van der Waals surface area contributed by atoms with Gasteiger partial charge in [0.1, 0.15) is 0 Å². The number of morpholine rings is 1. The molecule has 0 spiro atoms. The molecule has 1 aliphatic rings. The molecule has 186 valence electrons. The zero-order valence-corrected chi connectivity index (χ0v) is 21.1. The molecule has 3 aromatic rings. The summed E-state index contributed by atoms with van der Waals surface area (Å²) in [5, 5.41) is 12.6. The Hall–Kier alpha value is -3.24. The molecule has 2 heterocycles. The average Bonchev–Trinajstić information content (AvgIpc) is 3.32. The molecule has 1 amide bonds. The normalized spacial score (nSPS) is 13.5. The maximum Gasteiger partial charge on any atom is 0.232 e. The highest BCUT2D eigenvalue weighted by atomic mass is 32.2. The van der Waals surface area contributed by atoms with Crippen molar-refractivity contribution in [1.82, 2.24) is 20.1 Å². The van der Waals surface area contributed by atoms with Crippen molar-refractivity contribution in [1.29, 1.82) is 0 Å². The second-order valence-electron chi connectivity index (χ2n) is 8.13. The molecule has 0 bridgehead atoms. The van der Waals surface area contributed by atoms with E-state index in [-0.39, 0.29) is 11.7 Å².